The number of carboxylic acid groups (broad SMARTS) is 1. The van der Waals surface area contributed by atoms with Gasteiger partial charge < -0.3 is 38.3 Å². The van der Waals surface area contributed by atoms with Crippen LogP contribution in [0.5, 0.6) is 0 Å². The molecule has 1 saturated heterocycles. The van der Waals surface area contributed by atoms with E-state index in [2.05, 4.69) is 10.3 Å². The lowest BCUT2D eigenvalue weighted by molar-refractivity contribution is -0.144. The van der Waals surface area contributed by atoms with E-state index in [4.69, 9.17) is 22.9 Å². The predicted octanol–water partition coefficient (Wildman–Crippen LogP) is -3.20. The Labute approximate surface area is 156 Å². The van der Waals surface area contributed by atoms with Gasteiger partial charge in [-0.25, -0.2) is 4.79 Å². The van der Waals surface area contributed by atoms with Crippen molar-refractivity contribution in [2.24, 2.45) is 27.9 Å². The number of carbonyl (C=O) groups is 4. The molecule has 0 aromatic rings. The molecule has 0 aromatic heterocycles. The Kier molecular flexibility index (Phi) is 8.45. The Morgan fingerprint density at radius 1 is 1.22 bits per heavy atom. The molecule has 3 amide bonds. The van der Waals surface area contributed by atoms with Crippen LogP contribution in [0.2, 0.25) is 0 Å². The fourth-order valence-corrected chi connectivity index (χ4v) is 2.85. The van der Waals surface area contributed by atoms with Crippen molar-refractivity contribution < 1.29 is 24.3 Å². The first-order valence-electron chi connectivity index (χ1n) is 8.56. The molecule has 3 atom stereocenters. The molecule has 0 saturated carbocycles. The summed E-state index contributed by atoms with van der Waals surface area (Å²) in [6.45, 7) is 0.531. The molecule has 1 fully saturated rings. The number of nitrogens with one attached hydrogen (secondary N) is 1. The van der Waals surface area contributed by atoms with E-state index >= 15 is 0 Å². The molecule has 12 heteroatoms. The summed E-state index contributed by atoms with van der Waals surface area (Å²) in [4.78, 5) is 52.2. The fraction of sp³-hybridized carbons (Fsp3) is 0.667. The van der Waals surface area contributed by atoms with E-state index in [1.54, 1.807) is 0 Å². The largest absolute Gasteiger partial charge is 0.480 e. The molecule has 0 spiro atoms. The first kappa shape index (κ1) is 22.2. The Balaban J connectivity index is 2.68. The molecule has 152 valence electrons. The highest BCUT2D eigenvalue weighted by Crippen LogP contribution is 2.19. The van der Waals surface area contributed by atoms with Gasteiger partial charge in [0.05, 0.1) is 12.5 Å². The third-order valence-corrected chi connectivity index (χ3v) is 4.14. The van der Waals surface area contributed by atoms with Crippen LogP contribution < -0.4 is 28.3 Å². The maximum atomic E-state index is 12.5. The van der Waals surface area contributed by atoms with Gasteiger partial charge >= 0.3 is 5.97 Å². The average Bonchev–Trinajstić information content (AvgIpc) is 3.05. The summed E-state index contributed by atoms with van der Waals surface area (Å²) < 4.78 is 0. The van der Waals surface area contributed by atoms with Gasteiger partial charge in [0.25, 0.3) is 0 Å². The van der Waals surface area contributed by atoms with Gasteiger partial charge in [-0.05, 0) is 25.7 Å². The minimum absolute atomic E-state index is 0.0988. The van der Waals surface area contributed by atoms with Crippen LogP contribution >= 0.6 is 0 Å². The Hall–Kier alpha value is -2.89. The van der Waals surface area contributed by atoms with Crippen molar-refractivity contribution in [1.29, 1.82) is 0 Å². The number of carbonyl (C=O) groups excluding carboxylic acids is 3. The number of nitrogens with two attached hydrogens (primary N) is 4. The second-order valence-electron chi connectivity index (χ2n) is 6.31. The second-order valence-corrected chi connectivity index (χ2v) is 6.31. The fourth-order valence-electron chi connectivity index (χ4n) is 2.85. The summed E-state index contributed by atoms with van der Waals surface area (Å²) >= 11 is 0. The normalized spacial score (nSPS) is 18.4. The van der Waals surface area contributed by atoms with Crippen molar-refractivity contribution in [2.75, 3.05) is 13.1 Å². The summed E-state index contributed by atoms with van der Waals surface area (Å²) in [5, 5.41) is 11.7. The summed E-state index contributed by atoms with van der Waals surface area (Å²) in [5.74, 6) is -3.16. The van der Waals surface area contributed by atoms with Gasteiger partial charge in [-0.2, -0.15) is 0 Å². The third-order valence-electron chi connectivity index (χ3n) is 4.14. The molecule has 3 unspecified atom stereocenters. The Bertz CT molecular complexity index is 605. The number of guanidine groups is 1. The Morgan fingerprint density at radius 2 is 1.89 bits per heavy atom. The highest BCUT2D eigenvalue weighted by atomic mass is 16.4. The standard InChI is InChI=1S/C15H27N7O5/c16-8(7-11(17)23)13(25)22-6-2-4-10(22)12(24)21-9(14(26)27)3-1-5-20-15(18)19/h8-10H,1-7,16H2,(H2,17,23)(H,21,24)(H,26,27)(H4,18,19,20). The van der Waals surface area contributed by atoms with Crippen molar-refractivity contribution in [3.8, 4) is 0 Å². The smallest absolute Gasteiger partial charge is 0.326 e. The van der Waals surface area contributed by atoms with Gasteiger partial charge in [0, 0.05) is 13.1 Å². The number of hydrogen-bond donors (Lipinski definition) is 6. The Morgan fingerprint density at radius 3 is 2.44 bits per heavy atom. The molecule has 0 bridgehead atoms. The molecular weight excluding hydrogens is 358 g/mol. The molecule has 0 radical (unpaired) electrons. The molecule has 0 aliphatic carbocycles. The van der Waals surface area contributed by atoms with Gasteiger partial charge in [-0.3, -0.25) is 19.4 Å². The average molecular weight is 385 g/mol. The summed E-state index contributed by atoms with van der Waals surface area (Å²) in [6, 6.07) is -3.11. The number of amides is 3. The van der Waals surface area contributed by atoms with Crippen LogP contribution in [0.1, 0.15) is 32.1 Å². The van der Waals surface area contributed by atoms with E-state index in [-0.39, 0.29) is 25.3 Å². The quantitative estimate of drug-likeness (QED) is 0.127. The number of hydrogen-bond acceptors (Lipinski definition) is 6. The van der Waals surface area contributed by atoms with Gasteiger partial charge in [-0.1, -0.05) is 0 Å². The van der Waals surface area contributed by atoms with Crippen LogP contribution in [0, 0.1) is 0 Å². The summed E-state index contributed by atoms with van der Waals surface area (Å²) in [6.07, 6.45) is 1.09. The highest BCUT2D eigenvalue weighted by molar-refractivity contribution is 5.93. The number of nitrogens with zero attached hydrogens (tertiary/aromatic N) is 2. The van der Waals surface area contributed by atoms with E-state index in [1.807, 2.05) is 0 Å². The van der Waals surface area contributed by atoms with E-state index < -0.39 is 41.8 Å². The van der Waals surface area contributed by atoms with Crippen LogP contribution in [0.15, 0.2) is 4.99 Å². The lowest BCUT2D eigenvalue weighted by Gasteiger charge is -2.27. The highest BCUT2D eigenvalue weighted by Gasteiger charge is 2.37. The van der Waals surface area contributed by atoms with E-state index in [0.29, 0.717) is 25.8 Å². The monoisotopic (exact) mass is 385 g/mol. The number of primary amides is 1. The van der Waals surface area contributed by atoms with Crippen LogP contribution in [-0.4, -0.2) is 70.9 Å². The molecule has 0 aromatic carbocycles. The van der Waals surface area contributed by atoms with Gasteiger partial charge in [0.1, 0.15) is 12.1 Å². The van der Waals surface area contributed by atoms with Crippen LogP contribution in [0.3, 0.4) is 0 Å². The van der Waals surface area contributed by atoms with E-state index in [9.17, 15) is 24.3 Å². The van der Waals surface area contributed by atoms with Gasteiger partial charge in [0.2, 0.25) is 17.7 Å². The van der Waals surface area contributed by atoms with Crippen molar-refractivity contribution in [3.05, 3.63) is 0 Å². The van der Waals surface area contributed by atoms with Crippen molar-refractivity contribution in [1.82, 2.24) is 10.2 Å². The second kappa shape index (κ2) is 10.3. The summed E-state index contributed by atoms with van der Waals surface area (Å²) in [5.41, 5.74) is 21.1. The zero-order valence-electron chi connectivity index (χ0n) is 15.0. The molecular formula is C15H27N7O5. The van der Waals surface area contributed by atoms with Gasteiger partial charge in [-0.15, -0.1) is 0 Å². The minimum Gasteiger partial charge on any atom is -0.480 e. The number of carboxylic acids is 1. The number of likely N-dealkylation sites (tertiary alicyclic amines) is 1. The lowest BCUT2D eigenvalue weighted by Crippen LogP contribution is -2.54. The lowest BCUT2D eigenvalue weighted by atomic mass is 10.1. The van der Waals surface area contributed by atoms with Crippen molar-refractivity contribution in [2.45, 2.75) is 50.2 Å². The molecule has 10 N–H and O–H groups in total. The first-order valence-corrected chi connectivity index (χ1v) is 8.56. The minimum atomic E-state index is -1.20. The number of aliphatic carboxylic acids is 1. The molecule has 27 heavy (non-hydrogen) atoms. The zero-order chi connectivity index (χ0) is 20.6. The third kappa shape index (κ3) is 7.09. The predicted molar refractivity (Wildman–Crippen MR) is 96.0 cm³/mol. The topological polar surface area (TPSA) is 220 Å². The van der Waals surface area contributed by atoms with Crippen LogP contribution in [0.25, 0.3) is 0 Å². The van der Waals surface area contributed by atoms with E-state index in [0.717, 1.165) is 0 Å². The molecule has 1 aliphatic heterocycles. The summed E-state index contributed by atoms with van der Waals surface area (Å²) in [7, 11) is 0. The van der Waals surface area contributed by atoms with Gasteiger partial charge in [0.15, 0.2) is 5.96 Å². The van der Waals surface area contributed by atoms with Crippen LogP contribution in [0.4, 0.5) is 0 Å². The maximum Gasteiger partial charge on any atom is 0.326 e. The van der Waals surface area contributed by atoms with E-state index in [1.165, 1.54) is 4.90 Å². The zero-order valence-corrected chi connectivity index (χ0v) is 15.0. The molecule has 1 rings (SSSR count). The molecule has 1 aliphatic rings. The van der Waals surface area contributed by atoms with Crippen LogP contribution in [-0.2, 0) is 19.2 Å². The van der Waals surface area contributed by atoms with Crippen molar-refractivity contribution in [3.63, 3.8) is 0 Å². The molecule has 1 heterocycles. The van der Waals surface area contributed by atoms with Crippen molar-refractivity contribution >= 4 is 29.7 Å². The molecule has 12 nitrogen and oxygen atoms in total. The first-order chi connectivity index (χ1) is 12.6. The number of aliphatic imine (C=N–C) groups is 1. The SMILES string of the molecule is NC(=O)CC(N)C(=O)N1CCCC1C(=O)NC(CCCN=C(N)N)C(=O)O. The maximum absolute atomic E-state index is 12.5. The number of rotatable bonds is 10.